The molecule has 0 aliphatic heterocycles. The van der Waals surface area contributed by atoms with E-state index in [-0.39, 0.29) is 17.7 Å². The van der Waals surface area contributed by atoms with Gasteiger partial charge in [0.05, 0.1) is 24.1 Å². The Kier molecular flexibility index (Phi) is 6.55. The second-order valence-electron chi connectivity index (χ2n) is 5.57. The molecule has 0 saturated heterocycles. The molecule has 0 saturated carbocycles. The maximum atomic E-state index is 12.3. The molecule has 9 heteroatoms. The number of ether oxygens (including phenoxy) is 1. The van der Waals surface area contributed by atoms with Crippen LogP contribution in [-0.4, -0.2) is 42.1 Å². The highest BCUT2D eigenvalue weighted by Gasteiger charge is 2.22. The van der Waals surface area contributed by atoms with Crippen LogP contribution in [0, 0.1) is 6.92 Å². The van der Waals surface area contributed by atoms with Gasteiger partial charge in [0.15, 0.2) is 0 Å². The quantitative estimate of drug-likeness (QED) is 0.687. The number of amides is 1. The van der Waals surface area contributed by atoms with Crippen LogP contribution in [0.15, 0.2) is 21.3 Å². The number of carboxylic acids is 1. The molecule has 140 valence electrons. The number of halogens is 1. The van der Waals surface area contributed by atoms with E-state index in [4.69, 9.17) is 25.9 Å². The number of carbonyl (C=O) groups is 2. The van der Waals surface area contributed by atoms with E-state index < -0.39 is 23.5 Å². The van der Waals surface area contributed by atoms with Gasteiger partial charge in [-0.15, -0.1) is 0 Å². The average molecular weight is 400 g/mol. The molecule has 7 nitrogen and oxygen atoms in total. The number of hydrogen-bond acceptors (Lipinski definition) is 6. The molecule has 2 rings (SSSR count). The first kappa shape index (κ1) is 20.1. The molecule has 0 aliphatic carbocycles. The van der Waals surface area contributed by atoms with Crippen molar-refractivity contribution in [3.8, 4) is 5.75 Å². The van der Waals surface area contributed by atoms with Gasteiger partial charge in [0, 0.05) is 17.2 Å². The Morgan fingerprint density at radius 1 is 1.42 bits per heavy atom. The number of thioether (sulfide) groups is 1. The second-order valence-corrected chi connectivity index (χ2v) is 6.88. The Bertz CT molecular complexity index is 910. The number of aliphatic carboxylic acids is 1. The van der Waals surface area contributed by atoms with Crippen molar-refractivity contribution >= 4 is 46.2 Å². The van der Waals surface area contributed by atoms with Gasteiger partial charge in [0.25, 0.3) is 0 Å². The first-order chi connectivity index (χ1) is 12.3. The van der Waals surface area contributed by atoms with Gasteiger partial charge in [-0.3, -0.25) is 4.79 Å². The van der Waals surface area contributed by atoms with Gasteiger partial charge >= 0.3 is 11.6 Å². The molecule has 1 atom stereocenters. The van der Waals surface area contributed by atoms with E-state index in [9.17, 15) is 14.4 Å². The summed E-state index contributed by atoms with van der Waals surface area (Å²) in [7, 11) is 1.45. The van der Waals surface area contributed by atoms with Gasteiger partial charge in [-0.1, -0.05) is 11.6 Å². The summed E-state index contributed by atoms with van der Waals surface area (Å²) < 4.78 is 10.4. The predicted octanol–water partition coefficient (Wildman–Crippen LogP) is 2.24. The molecule has 1 aromatic heterocycles. The minimum atomic E-state index is -1.13. The van der Waals surface area contributed by atoms with Crippen LogP contribution in [0.2, 0.25) is 5.02 Å². The van der Waals surface area contributed by atoms with Gasteiger partial charge in [-0.2, -0.15) is 11.8 Å². The maximum Gasteiger partial charge on any atom is 0.340 e. The number of aryl methyl sites for hydroxylation is 1. The van der Waals surface area contributed by atoms with E-state index in [0.29, 0.717) is 27.3 Å². The van der Waals surface area contributed by atoms with E-state index in [2.05, 4.69) is 5.32 Å². The van der Waals surface area contributed by atoms with Crippen molar-refractivity contribution in [2.45, 2.75) is 19.4 Å². The van der Waals surface area contributed by atoms with Gasteiger partial charge in [0.1, 0.15) is 17.4 Å². The number of carbonyl (C=O) groups excluding carboxylic acids is 1. The molecular weight excluding hydrogens is 382 g/mol. The number of hydrogen-bond donors (Lipinski definition) is 2. The summed E-state index contributed by atoms with van der Waals surface area (Å²) >= 11 is 7.42. The monoisotopic (exact) mass is 399 g/mol. The summed E-state index contributed by atoms with van der Waals surface area (Å²) in [6.45, 7) is 1.68. The highest BCUT2D eigenvalue weighted by atomic mass is 35.5. The second kappa shape index (κ2) is 8.46. The molecule has 0 radical (unpaired) electrons. The molecule has 0 fully saturated rings. The summed E-state index contributed by atoms with van der Waals surface area (Å²) in [6.07, 6.45) is 1.45. The third-order valence-electron chi connectivity index (χ3n) is 3.86. The van der Waals surface area contributed by atoms with Crippen molar-refractivity contribution in [3.05, 3.63) is 38.7 Å². The van der Waals surface area contributed by atoms with Crippen molar-refractivity contribution in [2.75, 3.05) is 19.1 Å². The topological polar surface area (TPSA) is 106 Å². The molecule has 2 aromatic rings. The van der Waals surface area contributed by atoms with Crippen LogP contribution < -0.4 is 15.7 Å². The third kappa shape index (κ3) is 4.31. The lowest BCUT2D eigenvalue weighted by atomic mass is 10.0. The van der Waals surface area contributed by atoms with E-state index in [0.717, 1.165) is 0 Å². The average Bonchev–Trinajstić information content (AvgIpc) is 2.58. The van der Waals surface area contributed by atoms with Gasteiger partial charge < -0.3 is 19.6 Å². The van der Waals surface area contributed by atoms with Crippen molar-refractivity contribution in [3.63, 3.8) is 0 Å². The maximum absolute atomic E-state index is 12.3. The molecule has 0 spiro atoms. The summed E-state index contributed by atoms with van der Waals surface area (Å²) in [5.74, 6) is -1.11. The number of nitrogens with one attached hydrogen (secondary N) is 1. The molecule has 2 N–H and O–H groups in total. The van der Waals surface area contributed by atoms with Crippen LogP contribution in [-0.2, 0) is 16.0 Å². The fourth-order valence-electron chi connectivity index (χ4n) is 2.50. The largest absolute Gasteiger partial charge is 0.495 e. The number of fused-ring (bicyclic) bond motifs is 1. The number of rotatable bonds is 7. The zero-order valence-corrected chi connectivity index (χ0v) is 16.0. The standard InChI is InChI=1S/C17H18ClNO6S/c1-8-9-4-11(18)14(24-2)6-13(9)25-17(23)10(8)5-15(20)19-12(7-26-3)16(21)22/h4,6,12H,5,7H2,1-3H3,(H,19,20)(H,21,22). The Hall–Kier alpha value is -2.19. The fourth-order valence-corrected chi connectivity index (χ4v) is 3.30. The van der Waals surface area contributed by atoms with Crippen LogP contribution in [0.1, 0.15) is 11.1 Å². The fraction of sp³-hybridized carbons (Fsp3) is 0.353. The first-order valence-corrected chi connectivity index (χ1v) is 9.36. The van der Waals surface area contributed by atoms with Crippen LogP contribution in [0.25, 0.3) is 11.0 Å². The lowest BCUT2D eigenvalue weighted by Crippen LogP contribution is -2.43. The molecule has 26 heavy (non-hydrogen) atoms. The molecule has 1 aromatic carbocycles. The van der Waals surface area contributed by atoms with Crippen molar-refractivity contribution in [1.29, 1.82) is 0 Å². The molecule has 1 heterocycles. The summed E-state index contributed by atoms with van der Waals surface area (Å²) in [5.41, 5.74) is 0.340. The van der Waals surface area contributed by atoms with Gasteiger partial charge in [-0.25, -0.2) is 9.59 Å². The van der Waals surface area contributed by atoms with Gasteiger partial charge in [-0.05, 0) is 24.8 Å². The summed E-state index contributed by atoms with van der Waals surface area (Å²) in [4.78, 5) is 35.6. The highest BCUT2D eigenvalue weighted by Crippen LogP contribution is 2.31. The SMILES string of the molecule is COc1cc2oc(=O)c(CC(=O)NC(CSC)C(=O)O)c(C)c2cc1Cl. The normalized spacial score (nSPS) is 12.0. The number of carboxylic acid groups (broad SMARTS) is 1. The van der Waals surface area contributed by atoms with E-state index in [1.165, 1.54) is 24.9 Å². The lowest BCUT2D eigenvalue weighted by Gasteiger charge is -2.14. The third-order valence-corrected chi connectivity index (χ3v) is 4.83. The number of methoxy groups -OCH3 is 1. The summed E-state index contributed by atoms with van der Waals surface area (Å²) in [5, 5.41) is 12.5. The number of benzene rings is 1. The van der Waals surface area contributed by atoms with Gasteiger partial charge in [0.2, 0.25) is 5.91 Å². The molecular formula is C17H18ClNO6S. The Balaban J connectivity index is 2.36. The zero-order valence-electron chi connectivity index (χ0n) is 14.4. The van der Waals surface area contributed by atoms with Crippen LogP contribution in [0.3, 0.4) is 0 Å². The van der Waals surface area contributed by atoms with Crippen molar-refractivity contribution < 1.29 is 23.8 Å². The van der Waals surface area contributed by atoms with Crippen molar-refractivity contribution in [2.24, 2.45) is 0 Å². The van der Waals surface area contributed by atoms with Crippen molar-refractivity contribution in [1.82, 2.24) is 5.32 Å². The molecule has 1 unspecified atom stereocenters. The highest BCUT2D eigenvalue weighted by molar-refractivity contribution is 7.98. The van der Waals surface area contributed by atoms with Crippen LogP contribution in [0.5, 0.6) is 5.75 Å². The smallest absolute Gasteiger partial charge is 0.340 e. The van der Waals surface area contributed by atoms with Crippen LogP contribution >= 0.6 is 23.4 Å². The Labute approximate surface area is 158 Å². The minimum absolute atomic E-state index is 0.157. The Morgan fingerprint density at radius 3 is 2.69 bits per heavy atom. The molecule has 1 amide bonds. The van der Waals surface area contributed by atoms with Crippen LogP contribution in [0.4, 0.5) is 0 Å². The first-order valence-electron chi connectivity index (χ1n) is 7.59. The Morgan fingerprint density at radius 2 is 2.12 bits per heavy atom. The predicted molar refractivity (Wildman–Crippen MR) is 100 cm³/mol. The lowest BCUT2D eigenvalue weighted by molar-refractivity contribution is -0.141. The van der Waals surface area contributed by atoms with E-state index >= 15 is 0 Å². The molecule has 0 aliphatic rings. The zero-order chi connectivity index (χ0) is 19.4. The molecule has 0 bridgehead atoms. The van der Waals surface area contributed by atoms with E-state index in [1.54, 1.807) is 19.2 Å². The minimum Gasteiger partial charge on any atom is -0.495 e. The van der Waals surface area contributed by atoms with E-state index in [1.807, 2.05) is 0 Å². The summed E-state index contributed by atoms with van der Waals surface area (Å²) in [6, 6.07) is 2.09.